The van der Waals surface area contributed by atoms with Crippen LogP contribution in [0.5, 0.6) is 11.8 Å². The average Bonchev–Trinajstić information content (AvgIpc) is 3.18. The smallest absolute Gasteiger partial charge is 0.249 e. The first-order valence-corrected chi connectivity index (χ1v) is 7.69. The maximum atomic E-state index is 5.84. The molecule has 0 aromatic carbocycles. The van der Waals surface area contributed by atoms with Crippen molar-refractivity contribution in [3.63, 3.8) is 0 Å². The van der Waals surface area contributed by atoms with Crippen molar-refractivity contribution < 1.29 is 4.74 Å². The summed E-state index contributed by atoms with van der Waals surface area (Å²) in [6.07, 6.45) is 3.52. The zero-order valence-electron chi connectivity index (χ0n) is 14.0. The van der Waals surface area contributed by atoms with E-state index in [2.05, 4.69) is 30.7 Å². The summed E-state index contributed by atoms with van der Waals surface area (Å²) in [5, 5.41) is 20.4. The first-order valence-electron chi connectivity index (χ1n) is 7.69. The molecule has 126 valence electrons. The molecule has 9 heteroatoms. The topological polar surface area (TPSA) is 95.0 Å². The summed E-state index contributed by atoms with van der Waals surface area (Å²) in [6.45, 7) is 1.85. The van der Waals surface area contributed by atoms with Gasteiger partial charge in [0.05, 0.1) is 11.3 Å². The van der Waals surface area contributed by atoms with Gasteiger partial charge in [0.25, 0.3) is 0 Å². The second kappa shape index (κ2) is 5.86. The van der Waals surface area contributed by atoms with Gasteiger partial charge in [0.15, 0.2) is 5.82 Å². The van der Waals surface area contributed by atoms with Gasteiger partial charge in [-0.2, -0.15) is 9.61 Å². The normalized spacial score (nSPS) is 11.0. The molecular weight excluding hydrogens is 320 g/mol. The molecule has 1 N–H and O–H groups in total. The van der Waals surface area contributed by atoms with Crippen LogP contribution in [-0.2, 0) is 7.05 Å². The van der Waals surface area contributed by atoms with E-state index in [0.717, 1.165) is 11.3 Å². The minimum atomic E-state index is 0.431. The predicted molar refractivity (Wildman–Crippen MR) is 91.6 cm³/mol. The van der Waals surface area contributed by atoms with E-state index in [1.54, 1.807) is 21.5 Å². The average molecular weight is 336 g/mol. The zero-order chi connectivity index (χ0) is 17.4. The first-order chi connectivity index (χ1) is 12.2. The van der Waals surface area contributed by atoms with Gasteiger partial charge in [-0.25, -0.2) is 4.98 Å². The summed E-state index contributed by atoms with van der Waals surface area (Å²) in [4.78, 5) is 4.18. The molecule has 0 saturated heterocycles. The Morgan fingerprint density at radius 2 is 2.04 bits per heavy atom. The summed E-state index contributed by atoms with van der Waals surface area (Å²) >= 11 is 0. The third kappa shape index (κ3) is 2.65. The van der Waals surface area contributed by atoms with Crippen LogP contribution >= 0.6 is 0 Å². The van der Waals surface area contributed by atoms with E-state index < -0.39 is 0 Å². The number of hydrogen-bond acceptors (Lipinski definition) is 7. The molecule has 0 fully saturated rings. The molecule has 4 aromatic rings. The molecule has 0 spiro atoms. The van der Waals surface area contributed by atoms with Crippen LogP contribution in [-0.4, -0.2) is 41.6 Å². The van der Waals surface area contributed by atoms with E-state index in [9.17, 15) is 0 Å². The van der Waals surface area contributed by atoms with E-state index in [1.165, 1.54) is 0 Å². The van der Waals surface area contributed by atoms with Crippen molar-refractivity contribution >= 4 is 11.3 Å². The molecule has 0 radical (unpaired) electrons. The van der Waals surface area contributed by atoms with Crippen molar-refractivity contribution in [2.45, 2.75) is 6.92 Å². The number of ether oxygens (including phenoxy) is 1. The first kappa shape index (κ1) is 15.1. The van der Waals surface area contributed by atoms with E-state index in [4.69, 9.17) is 4.74 Å². The Kier molecular flexibility index (Phi) is 3.53. The maximum Gasteiger partial charge on any atom is 0.249 e. The predicted octanol–water partition coefficient (Wildman–Crippen LogP) is 2.06. The third-order valence-corrected chi connectivity index (χ3v) is 3.71. The number of hydrogen-bond donors (Lipinski definition) is 1. The second-order valence-electron chi connectivity index (χ2n) is 5.47. The van der Waals surface area contributed by atoms with E-state index in [0.29, 0.717) is 28.9 Å². The molecule has 0 aliphatic carbocycles. The van der Waals surface area contributed by atoms with Gasteiger partial charge in [0.2, 0.25) is 17.4 Å². The molecule has 25 heavy (non-hydrogen) atoms. The Labute approximate surface area is 143 Å². The van der Waals surface area contributed by atoms with Crippen molar-refractivity contribution in [1.82, 2.24) is 34.6 Å². The quantitative estimate of drug-likeness (QED) is 0.609. The van der Waals surface area contributed by atoms with Gasteiger partial charge in [-0.15, -0.1) is 15.3 Å². The minimum Gasteiger partial charge on any atom is -0.418 e. The molecule has 0 unspecified atom stereocenters. The van der Waals surface area contributed by atoms with Crippen LogP contribution in [0, 0.1) is 6.92 Å². The van der Waals surface area contributed by atoms with Crippen LogP contribution in [0.2, 0.25) is 0 Å². The number of pyridine rings is 1. The number of rotatable bonds is 4. The van der Waals surface area contributed by atoms with Crippen LogP contribution in [0.4, 0.5) is 5.69 Å². The van der Waals surface area contributed by atoms with Gasteiger partial charge in [0, 0.05) is 32.6 Å². The number of anilines is 1. The second-order valence-corrected chi connectivity index (χ2v) is 5.47. The molecular formula is C16H16N8O. The lowest BCUT2D eigenvalue weighted by Crippen LogP contribution is -2.01. The summed E-state index contributed by atoms with van der Waals surface area (Å²) < 4.78 is 9.21. The highest BCUT2D eigenvalue weighted by Crippen LogP contribution is 2.32. The molecule has 4 aromatic heterocycles. The van der Waals surface area contributed by atoms with E-state index >= 15 is 0 Å². The van der Waals surface area contributed by atoms with Crippen molar-refractivity contribution in [2.24, 2.45) is 7.05 Å². The summed E-state index contributed by atoms with van der Waals surface area (Å²) in [5.41, 5.74) is 2.93. The van der Waals surface area contributed by atoms with Gasteiger partial charge >= 0.3 is 0 Å². The molecule has 0 saturated carbocycles. The van der Waals surface area contributed by atoms with Crippen molar-refractivity contribution in [1.29, 1.82) is 0 Å². The number of fused-ring (bicyclic) bond motifs is 1. The largest absolute Gasteiger partial charge is 0.418 e. The zero-order valence-corrected chi connectivity index (χ0v) is 14.0. The van der Waals surface area contributed by atoms with Crippen LogP contribution in [0.3, 0.4) is 0 Å². The van der Waals surface area contributed by atoms with Gasteiger partial charge in [-0.1, -0.05) is 6.07 Å². The SMILES string of the molecule is CNc1cc(-c2cn(C)nc2Oc2ccccn2)nn2c(C)nnc12. The number of nitrogens with zero attached hydrogens (tertiary/aromatic N) is 7. The summed E-state index contributed by atoms with van der Waals surface area (Å²) in [5.74, 6) is 1.60. The fraction of sp³-hybridized carbons (Fsp3) is 0.188. The summed E-state index contributed by atoms with van der Waals surface area (Å²) in [6, 6.07) is 7.36. The lowest BCUT2D eigenvalue weighted by Gasteiger charge is -2.07. The van der Waals surface area contributed by atoms with Crippen LogP contribution in [0.1, 0.15) is 5.82 Å². The van der Waals surface area contributed by atoms with Gasteiger partial charge in [-0.05, 0) is 19.1 Å². The number of aryl methyl sites for hydroxylation is 2. The summed E-state index contributed by atoms with van der Waals surface area (Å²) in [7, 11) is 3.66. The highest BCUT2D eigenvalue weighted by molar-refractivity contribution is 5.75. The highest BCUT2D eigenvalue weighted by atomic mass is 16.5. The Bertz CT molecular complexity index is 1040. The Morgan fingerprint density at radius 3 is 2.80 bits per heavy atom. The Morgan fingerprint density at radius 1 is 1.16 bits per heavy atom. The monoisotopic (exact) mass is 336 g/mol. The van der Waals surface area contributed by atoms with Gasteiger partial charge in [0.1, 0.15) is 5.69 Å². The molecule has 9 nitrogen and oxygen atoms in total. The van der Waals surface area contributed by atoms with E-state index in [-0.39, 0.29) is 0 Å². The maximum absolute atomic E-state index is 5.84. The number of aromatic nitrogens is 7. The van der Waals surface area contributed by atoms with E-state index in [1.807, 2.05) is 45.4 Å². The Hall–Kier alpha value is -3.49. The molecule has 0 bridgehead atoms. The van der Waals surface area contributed by atoms with Gasteiger partial charge < -0.3 is 10.1 Å². The van der Waals surface area contributed by atoms with Gasteiger partial charge in [-0.3, -0.25) is 4.68 Å². The van der Waals surface area contributed by atoms with Crippen molar-refractivity contribution in [3.05, 3.63) is 42.5 Å². The standard InChI is InChI=1S/C16H16N8O/c1-10-19-20-15-13(17-2)8-12(21-24(10)15)11-9-23(3)22-16(11)25-14-6-4-5-7-18-14/h4-9,17H,1-3H3. The van der Waals surface area contributed by atoms with Crippen LogP contribution < -0.4 is 10.1 Å². The Balaban J connectivity index is 1.85. The molecule has 0 atom stereocenters. The molecule has 4 heterocycles. The lowest BCUT2D eigenvalue weighted by atomic mass is 10.2. The fourth-order valence-electron chi connectivity index (χ4n) is 2.52. The van der Waals surface area contributed by atoms with Crippen molar-refractivity contribution in [3.8, 4) is 23.0 Å². The van der Waals surface area contributed by atoms with Crippen molar-refractivity contribution in [2.75, 3.05) is 12.4 Å². The van der Waals surface area contributed by atoms with Crippen LogP contribution in [0.25, 0.3) is 16.9 Å². The molecule has 0 aliphatic heterocycles. The molecule has 0 aliphatic rings. The van der Waals surface area contributed by atoms with Crippen LogP contribution in [0.15, 0.2) is 36.7 Å². The highest BCUT2D eigenvalue weighted by Gasteiger charge is 2.18. The fourth-order valence-corrected chi connectivity index (χ4v) is 2.52. The third-order valence-electron chi connectivity index (χ3n) is 3.71. The molecule has 4 rings (SSSR count). The number of nitrogens with one attached hydrogen (secondary N) is 1. The lowest BCUT2D eigenvalue weighted by molar-refractivity contribution is 0.438. The molecule has 0 amide bonds. The minimum absolute atomic E-state index is 0.431.